The van der Waals surface area contributed by atoms with Crippen molar-refractivity contribution in [2.75, 3.05) is 28.3 Å². The predicted octanol–water partition coefficient (Wildman–Crippen LogP) is 2.86. The molecule has 1 aromatic heterocycles. The highest BCUT2D eigenvalue weighted by atomic mass is 16.5. The monoisotopic (exact) mass is 380 g/mol. The van der Waals surface area contributed by atoms with Crippen molar-refractivity contribution in [1.82, 2.24) is 19.7 Å². The van der Waals surface area contributed by atoms with Crippen molar-refractivity contribution in [1.29, 1.82) is 0 Å². The highest BCUT2D eigenvalue weighted by molar-refractivity contribution is 5.71. The molecule has 3 rings (SSSR count). The second-order valence-corrected chi connectivity index (χ2v) is 6.66. The number of methoxy groups -OCH3 is 2. The van der Waals surface area contributed by atoms with Gasteiger partial charge >= 0.3 is 5.97 Å². The van der Waals surface area contributed by atoms with Gasteiger partial charge in [-0.15, -0.1) is 5.10 Å². The number of aromatic nitrogens is 3. The van der Waals surface area contributed by atoms with Crippen molar-refractivity contribution in [3.05, 3.63) is 54.1 Å². The second-order valence-electron chi connectivity index (χ2n) is 6.66. The van der Waals surface area contributed by atoms with Gasteiger partial charge in [0.2, 0.25) is 0 Å². The second kappa shape index (κ2) is 8.67. The molecule has 0 unspecified atom stereocenters. The molecule has 0 atom stereocenters. The van der Waals surface area contributed by atoms with Gasteiger partial charge in [-0.2, -0.15) is 0 Å². The van der Waals surface area contributed by atoms with Crippen LogP contribution in [-0.2, 0) is 22.6 Å². The molecule has 7 nitrogen and oxygen atoms in total. The summed E-state index contributed by atoms with van der Waals surface area (Å²) in [4.78, 5) is 18.7. The molecule has 0 fully saturated rings. The third-order valence-corrected chi connectivity index (χ3v) is 4.21. The molecule has 0 aliphatic carbocycles. The van der Waals surface area contributed by atoms with E-state index in [4.69, 9.17) is 14.5 Å². The van der Waals surface area contributed by atoms with Gasteiger partial charge in [0.1, 0.15) is 12.3 Å². The maximum atomic E-state index is 11.9. The Kier molecular flexibility index (Phi) is 6.06. The number of hydrogen-bond acceptors (Lipinski definition) is 6. The lowest BCUT2D eigenvalue weighted by atomic mass is 10.1. The predicted molar refractivity (Wildman–Crippen MR) is 107 cm³/mol. The van der Waals surface area contributed by atoms with E-state index in [1.807, 2.05) is 50.5 Å². The lowest BCUT2D eigenvalue weighted by Gasteiger charge is -2.09. The molecule has 28 heavy (non-hydrogen) atoms. The number of carbonyl (C=O) groups excluding carboxylic acids is 1. The minimum absolute atomic E-state index is 0.0117. The highest BCUT2D eigenvalue weighted by Gasteiger charge is 2.16. The van der Waals surface area contributed by atoms with Crippen LogP contribution in [0.4, 0.5) is 0 Å². The van der Waals surface area contributed by atoms with Gasteiger partial charge in [-0.05, 0) is 50.0 Å². The van der Waals surface area contributed by atoms with E-state index in [-0.39, 0.29) is 12.5 Å². The Morgan fingerprint density at radius 1 is 1.07 bits per heavy atom. The lowest BCUT2D eigenvalue weighted by Crippen LogP contribution is -2.14. The average molecular weight is 380 g/mol. The van der Waals surface area contributed by atoms with Crippen molar-refractivity contribution in [2.45, 2.75) is 13.1 Å². The Balaban J connectivity index is 2.02. The minimum Gasteiger partial charge on any atom is -0.497 e. The Labute approximate surface area is 164 Å². The molecule has 3 aromatic rings. The first-order chi connectivity index (χ1) is 13.5. The summed E-state index contributed by atoms with van der Waals surface area (Å²) in [7, 11) is 7.03. The first-order valence-electron chi connectivity index (χ1n) is 8.90. The molecule has 0 saturated heterocycles. The maximum Gasteiger partial charge on any atom is 0.327 e. The number of benzene rings is 2. The molecule has 0 saturated carbocycles. The number of esters is 1. The molecular weight excluding hydrogens is 356 g/mol. The third kappa shape index (κ3) is 4.55. The minimum atomic E-state index is -0.382. The summed E-state index contributed by atoms with van der Waals surface area (Å²) in [6.45, 7) is 0.810. The topological polar surface area (TPSA) is 69.5 Å². The van der Waals surface area contributed by atoms with Gasteiger partial charge in [0.15, 0.2) is 11.6 Å². The van der Waals surface area contributed by atoms with Crippen LogP contribution in [0, 0.1) is 0 Å². The molecule has 0 aliphatic heterocycles. The fourth-order valence-corrected chi connectivity index (χ4v) is 2.89. The number of nitrogens with zero attached hydrogens (tertiary/aromatic N) is 4. The summed E-state index contributed by atoms with van der Waals surface area (Å²) < 4.78 is 11.6. The molecular formula is C21H24N4O3. The molecule has 0 bridgehead atoms. The standard InChI is InChI=1S/C21H24N4O3/c1-24(2)13-15-6-5-7-17(12-15)20-22-21(25(23-20)14-19(26)28-4)16-8-10-18(27-3)11-9-16/h5-12H,13-14H2,1-4H3. The first kappa shape index (κ1) is 19.6. The van der Waals surface area contributed by atoms with Crippen molar-refractivity contribution in [3.8, 4) is 28.5 Å². The van der Waals surface area contributed by atoms with Crippen molar-refractivity contribution in [3.63, 3.8) is 0 Å². The molecule has 7 heteroatoms. The number of carbonyl (C=O) groups is 1. The summed E-state index contributed by atoms with van der Waals surface area (Å²) >= 11 is 0. The zero-order valence-corrected chi connectivity index (χ0v) is 16.5. The molecule has 0 radical (unpaired) electrons. The van der Waals surface area contributed by atoms with Gasteiger partial charge in [-0.3, -0.25) is 4.79 Å². The summed E-state index contributed by atoms with van der Waals surface area (Å²) in [5.41, 5.74) is 2.91. The fraction of sp³-hybridized carbons (Fsp3) is 0.286. The summed E-state index contributed by atoms with van der Waals surface area (Å²) in [6, 6.07) is 15.6. The third-order valence-electron chi connectivity index (χ3n) is 4.21. The maximum absolute atomic E-state index is 11.9. The van der Waals surface area contributed by atoms with Crippen LogP contribution >= 0.6 is 0 Å². The van der Waals surface area contributed by atoms with E-state index in [9.17, 15) is 4.79 Å². The highest BCUT2D eigenvalue weighted by Crippen LogP contribution is 2.25. The molecule has 0 spiro atoms. The van der Waals surface area contributed by atoms with E-state index < -0.39 is 0 Å². The van der Waals surface area contributed by atoms with Crippen LogP contribution in [0.5, 0.6) is 5.75 Å². The Morgan fingerprint density at radius 2 is 1.82 bits per heavy atom. The smallest absolute Gasteiger partial charge is 0.327 e. The van der Waals surface area contributed by atoms with Crippen molar-refractivity contribution >= 4 is 5.97 Å². The molecule has 0 N–H and O–H groups in total. The summed E-state index contributed by atoms with van der Waals surface area (Å²) in [5, 5.41) is 4.57. The van der Waals surface area contributed by atoms with Crippen LogP contribution in [-0.4, -0.2) is 53.9 Å². The largest absolute Gasteiger partial charge is 0.497 e. The van der Waals surface area contributed by atoms with Crippen LogP contribution in [0.2, 0.25) is 0 Å². The Bertz CT molecular complexity index is 949. The van der Waals surface area contributed by atoms with Gasteiger partial charge in [0.05, 0.1) is 14.2 Å². The lowest BCUT2D eigenvalue weighted by molar-refractivity contribution is -0.141. The van der Waals surface area contributed by atoms with Crippen LogP contribution in [0.3, 0.4) is 0 Å². The molecule has 1 heterocycles. The van der Waals surface area contributed by atoms with E-state index in [1.165, 1.54) is 7.11 Å². The SMILES string of the molecule is COC(=O)Cn1nc(-c2cccc(CN(C)C)c2)nc1-c1ccc(OC)cc1. The van der Waals surface area contributed by atoms with Gasteiger partial charge in [0.25, 0.3) is 0 Å². The molecule has 0 aliphatic rings. The van der Waals surface area contributed by atoms with E-state index in [0.717, 1.165) is 29.0 Å². The van der Waals surface area contributed by atoms with Crippen molar-refractivity contribution < 1.29 is 14.3 Å². The van der Waals surface area contributed by atoms with Gasteiger partial charge < -0.3 is 14.4 Å². The van der Waals surface area contributed by atoms with E-state index >= 15 is 0 Å². The van der Waals surface area contributed by atoms with E-state index in [1.54, 1.807) is 11.8 Å². The Morgan fingerprint density at radius 3 is 2.46 bits per heavy atom. The van der Waals surface area contributed by atoms with Crippen LogP contribution in [0.15, 0.2) is 48.5 Å². The first-order valence-corrected chi connectivity index (χ1v) is 8.90. The molecule has 146 valence electrons. The van der Waals surface area contributed by atoms with Gasteiger partial charge in [-0.25, -0.2) is 9.67 Å². The van der Waals surface area contributed by atoms with E-state index in [0.29, 0.717) is 11.6 Å². The zero-order valence-electron chi connectivity index (χ0n) is 16.5. The van der Waals surface area contributed by atoms with Crippen LogP contribution in [0.25, 0.3) is 22.8 Å². The van der Waals surface area contributed by atoms with Crippen LogP contribution in [0.1, 0.15) is 5.56 Å². The summed E-state index contributed by atoms with van der Waals surface area (Å²) in [6.07, 6.45) is 0. The van der Waals surface area contributed by atoms with Crippen LogP contribution < -0.4 is 4.74 Å². The van der Waals surface area contributed by atoms with Gasteiger partial charge in [-0.1, -0.05) is 18.2 Å². The summed E-state index contributed by atoms with van der Waals surface area (Å²) in [5.74, 6) is 1.53. The Hall–Kier alpha value is -3.19. The molecule has 2 aromatic carbocycles. The number of hydrogen-bond donors (Lipinski definition) is 0. The van der Waals surface area contributed by atoms with E-state index in [2.05, 4.69) is 22.1 Å². The van der Waals surface area contributed by atoms with Crippen molar-refractivity contribution in [2.24, 2.45) is 0 Å². The zero-order chi connectivity index (χ0) is 20.1. The number of rotatable bonds is 7. The quantitative estimate of drug-likeness (QED) is 0.587. The average Bonchev–Trinajstić information content (AvgIpc) is 3.11. The molecule has 0 amide bonds. The number of ether oxygens (including phenoxy) is 2. The normalized spacial score (nSPS) is 10.9. The van der Waals surface area contributed by atoms with Gasteiger partial charge in [0, 0.05) is 17.7 Å². The fourth-order valence-electron chi connectivity index (χ4n) is 2.89.